The zero-order valence-corrected chi connectivity index (χ0v) is 13.1. The molecule has 0 saturated carbocycles. The Hall–Kier alpha value is 0.860. The van der Waals surface area contributed by atoms with Crippen LogP contribution in [0.25, 0.3) is 0 Å². The second kappa shape index (κ2) is 6.15. The molecule has 0 bridgehead atoms. The average Bonchev–Trinajstić information content (AvgIpc) is 2.96. The zero-order valence-electron chi connectivity index (χ0n) is 11.3. The molecule has 0 aliphatic carbocycles. The van der Waals surface area contributed by atoms with Crippen LogP contribution in [0.4, 0.5) is 0 Å². The molecule has 2 heteroatoms. The summed E-state index contributed by atoms with van der Waals surface area (Å²) in [6.07, 6.45) is 12.4. The molecule has 0 spiro atoms. The van der Waals surface area contributed by atoms with Crippen LogP contribution < -0.4 is 0 Å². The Morgan fingerprint density at radius 1 is 0.938 bits per heavy atom. The summed E-state index contributed by atoms with van der Waals surface area (Å²) in [5.74, 6) is 0. The molecule has 2 heterocycles. The fourth-order valence-electron chi connectivity index (χ4n) is 3.77. The quantitative estimate of drug-likeness (QED) is 0.589. The van der Waals surface area contributed by atoms with E-state index in [1.165, 1.54) is 12.8 Å². The highest BCUT2D eigenvalue weighted by Crippen LogP contribution is 2.69. The van der Waals surface area contributed by atoms with Crippen LogP contribution in [-0.2, 0) is 0 Å². The van der Waals surface area contributed by atoms with Crippen LogP contribution in [0.3, 0.4) is 0 Å². The molecule has 2 saturated heterocycles. The molecule has 16 heavy (non-hydrogen) atoms. The molecular formula is C14H28P2. The molecular weight excluding hydrogens is 230 g/mol. The predicted molar refractivity (Wildman–Crippen MR) is 79.7 cm³/mol. The van der Waals surface area contributed by atoms with Gasteiger partial charge in [-0.2, -0.15) is 0 Å². The summed E-state index contributed by atoms with van der Waals surface area (Å²) < 4.78 is 0. The predicted octanol–water partition coefficient (Wildman–Crippen LogP) is 5.44. The van der Waals surface area contributed by atoms with E-state index in [-0.39, 0.29) is 0 Å². The van der Waals surface area contributed by atoms with Crippen LogP contribution >= 0.6 is 15.8 Å². The topological polar surface area (TPSA) is 0 Å². The molecule has 2 aliphatic heterocycles. The molecule has 0 aromatic carbocycles. The van der Waals surface area contributed by atoms with Crippen molar-refractivity contribution in [1.29, 1.82) is 0 Å². The Morgan fingerprint density at radius 3 is 1.75 bits per heavy atom. The summed E-state index contributed by atoms with van der Waals surface area (Å²) in [5, 5.41) is 1.14. The first-order valence-corrected chi connectivity index (χ1v) is 10.6. The average molecular weight is 258 g/mol. The summed E-state index contributed by atoms with van der Waals surface area (Å²) in [7, 11) is 0.831. The molecule has 0 aromatic heterocycles. The molecule has 2 unspecified atom stereocenters. The van der Waals surface area contributed by atoms with E-state index in [0.29, 0.717) is 15.8 Å². The molecule has 2 fully saturated rings. The summed E-state index contributed by atoms with van der Waals surface area (Å²) in [4.78, 5) is 0. The second-order valence-electron chi connectivity index (χ2n) is 5.52. The van der Waals surface area contributed by atoms with Crippen molar-refractivity contribution in [1.82, 2.24) is 0 Å². The maximum absolute atomic E-state index is 2.64. The van der Waals surface area contributed by atoms with Crippen molar-refractivity contribution in [2.24, 2.45) is 0 Å². The van der Waals surface area contributed by atoms with Crippen molar-refractivity contribution in [3.63, 3.8) is 0 Å². The maximum atomic E-state index is 2.64. The molecule has 0 amide bonds. The van der Waals surface area contributed by atoms with Gasteiger partial charge in [0.2, 0.25) is 0 Å². The molecule has 0 radical (unpaired) electrons. The van der Waals surface area contributed by atoms with Gasteiger partial charge in [0, 0.05) is 0 Å². The van der Waals surface area contributed by atoms with Gasteiger partial charge in [-0.1, -0.05) is 36.6 Å². The van der Waals surface area contributed by atoms with E-state index in [1.54, 1.807) is 38.0 Å². The highest BCUT2D eigenvalue weighted by atomic mass is 31.2. The molecule has 0 N–H and O–H groups in total. The first-order valence-electron chi connectivity index (χ1n) is 7.29. The summed E-state index contributed by atoms with van der Waals surface area (Å²) >= 11 is 0. The van der Waals surface area contributed by atoms with Crippen molar-refractivity contribution in [3.05, 3.63) is 0 Å². The Kier molecular flexibility index (Phi) is 5.11. The minimum absolute atomic E-state index is 0.416. The van der Waals surface area contributed by atoms with Gasteiger partial charge in [-0.25, -0.2) is 0 Å². The molecule has 0 aromatic rings. The standard InChI is InChI=1S/C14H28P2/c1-4-13-8-6-10-15(13)12(3)16-11-7-9-14(16)5-2/h12-14H,4-11H2,1-3H3/t12?,13-,14-,15?,16?/m1/s1. The smallest absolute Gasteiger partial charge is 0.00292 e. The maximum Gasteiger partial charge on any atom is -0.00292 e. The van der Waals surface area contributed by atoms with E-state index in [1.807, 2.05) is 0 Å². The first kappa shape index (κ1) is 13.3. The van der Waals surface area contributed by atoms with Gasteiger partial charge in [0.25, 0.3) is 0 Å². The van der Waals surface area contributed by atoms with Crippen LogP contribution in [0.1, 0.15) is 59.3 Å². The van der Waals surface area contributed by atoms with Gasteiger partial charge in [-0.05, 0) is 67.6 Å². The fraction of sp³-hybridized carbons (Fsp3) is 1.00. The Balaban J connectivity index is 1.97. The number of rotatable bonds is 4. The minimum Gasteiger partial charge on any atom is -0.0962 e. The van der Waals surface area contributed by atoms with Crippen molar-refractivity contribution in [3.8, 4) is 0 Å². The Morgan fingerprint density at radius 2 is 1.38 bits per heavy atom. The van der Waals surface area contributed by atoms with Crippen LogP contribution in [0, 0.1) is 0 Å². The van der Waals surface area contributed by atoms with Crippen molar-refractivity contribution < 1.29 is 0 Å². The van der Waals surface area contributed by atoms with Gasteiger partial charge < -0.3 is 0 Å². The fourth-order valence-corrected chi connectivity index (χ4v) is 12.9. The van der Waals surface area contributed by atoms with E-state index in [4.69, 9.17) is 0 Å². The van der Waals surface area contributed by atoms with Crippen LogP contribution in [0.2, 0.25) is 0 Å². The van der Waals surface area contributed by atoms with Crippen molar-refractivity contribution in [2.45, 2.75) is 76.0 Å². The van der Waals surface area contributed by atoms with Gasteiger partial charge in [0.1, 0.15) is 0 Å². The third-order valence-electron chi connectivity index (χ3n) is 4.75. The zero-order chi connectivity index (χ0) is 11.5. The van der Waals surface area contributed by atoms with Crippen LogP contribution in [0.15, 0.2) is 0 Å². The van der Waals surface area contributed by atoms with E-state index in [9.17, 15) is 0 Å². The molecule has 2 rings (SSSR count). The highest BCUT2D eigenvalue weighted by Gasteiger charge is 2.37. The largest absolute Gasteiger partial charge is 0.0962 e. The third kappa shape index (κ3) is 2.64. The van der Waals surface area contributed by atoms with Gasteiger partial charge >= 0.3 is 0 Å². The molecule has 94 valence electrons. The summed E-state index contributed by atoms with van der Waals surface area (Å²) in [5.41, 5.74) is 2.29. The SMILES string of the molecule is CC[C@@H]1CCCP1C(C)P1CCC[C@H]1CC. The van der Waals surface area contributed by atoms with Crippen molar-refractivity contribution >= 4 is 15.8 Å². The van der Waals surface area contributed by atoms with Crippen molar-refractivity contribution in [2.75, 3.05) is 12.3 Å². The van der Waals surface area contributed by atoms with Gasteiger partial charge in [-0.15, -0.1) is 0 Å². The van der Waals surface area contributed by atoms with Gasteiger partial charge in [-0.3, -0.25) is 0 Å². The van der Waals surface area contributed by atoms with Gasteiger partial charge in [0.05, 0.1) is 0 Å². The second-order valence-corrected chi connectivity index (χ2v) is 11.9. The van der Waals surface area contributed by atoms with Crippen LogP contribution in [-0.4, -0.2) is 29.0 Å². The lowest BCUT2D eigenvalue weighted by atomic mass is 10.2. The summed E-state index contributed by atoms with van der Waals surface area (Å²) in [6, 6.07) is 0. The number of hydrogen-bond acceptors (Lipinski definition) is 0. The minimum atomic E-state index is 0.416. The monoisotopic (exact) mass is 258 g/mol. The normalized spacial score (nSPS) is 41.4. The lowest BCUT2D eigenvalue weighted by Gasteiger charge is -2.34. The molecule has 4 atom stereocenters. The van der Waals surface area contributed by atoms with E-state index in [2.05, 4.69) is 20.8 Å². The lowest BCUT2D eigenvalue weighted by Crippen LogP contribution is -2.11. The third-order valence-corrected chi connectivity index (χ3v) is 13.2. The van der Waals surface area contributed by atoms with E-state index in [0.717, 1.165) is 16.7 Å². The number of hydrogen-bond donors (Lipinski definition) is 0. The Labute approximate surface area is 104 Å². The highest BCUT2D eigenvalue weighted by molar-refractivity contribution is 7.76. The van der Waals surface area contributed by atoms with E-state index >= 15 is 0 Å². The molecule has 0 nitrogen and oxygen atoms in total. The van der Waals surface area contributed by atoms with Gasteiger partial charge in [0.15, 0.2) is 0 Å². The molecule has 2 aliphatic rings. The first-order chi connectivity index (χ1) is 7.77. The summed E-state index contributed by atoms with van der Waals surface area (Å²) in [6.45, 7) is 7.49. The Bertz CT molecular complexity index is 195. The van der Waals surface area contributed by atoms with Crippen LogP contribution in [0.5, 0.6) is 0 Å². The lowest BCUT2D eigenvalue weighted by molar-refractivity contribution is 0.751. The van der Waals surface area contributed by atoms with E-state index < -0.39 is 0 Å².